The Morgan fingerprint density at radius 3 is 2.64 bits per heavy atom. The van der Waals surface area contributed by atoms with Gasteiger partial charge in [-0.05, 0) is 36.4 Å². The Morgan fingerprint density at radius 1 is 1.14 bits per heavy atom. The lowest BCUT2D eigenvalue weighted by atomic mass is 10.2. The fourth-order valence-corrected chi connectivity index (χ4v) is 1.85. The molecule has 1 aromatic heterocycles. The van der Waals surface area contributed by atoms with Gasteiger partial charge in [-0.3, -0.25) is 4.79 Å². The summed E-state index contributed by atoms with van der Waals surface area (Å²) in [5.74, 6) is 0.558. The number of nitrogens with zero attached hydrogens (tertiary/aromatic N) is 2. The van der Waals surface area contributed by atoms with E-state index in [1.807, 2.05) is 0 Å². The molecule has 22 heavy (non-hydrogen) atoms. The number of hydrogen-bond acceptors (Lipinski definition) is 5. The van der Waals surface area contributed by atoms with Crippen LogP contribution in [0.1, 0.15) is 16.2 Å². The van der Waals surface area contributed by atoms with Crippen molar-refractivity contribution in [3.63, 3.8) is 0 Å². The van der Waals surface area contributed by atoms with Crippen LogP contribution in [0.3, 0.4) is 0 Å². The summed E-state index contributed by atoms with van der Waals surface area (Å²) in [4.78, 5) is 14.6. The molecular weight excluding hydrogens is 287 g/mol. The highest BCUT2D eigenvalue weighted by Gasteiger charge is 2.12. The molecule has 0 bridgehead atoms. The molecule has 2 aromatic carbocycles. The molecule has 110 valence electrons. The smallest absolute Gasteiger partial charge is 0.264 e. The molecule has 0 atom stereocenters. The van der Waals surface area contributed by atoms with Crippen LogP contribution in [0.15, 0.2) is 53.1 Å². The molecule has 0 aliphatic carbocycles. The molecular formula is C16H11FN2O3. The molecule has 0 amide bonds. The Labute approximate surface area is 125 Å². The second-order valence-electron chi connectivity index (χ2n) is 4.47. The summed E-state index contributed by atoms with van der Waals surface area (Å²) in [7, 11) is 0. The minimum absolute atomic E-state index is 0.0574. The number of hydrogen-bond donors (Lipinski definition) is 0. The Morgan fingerprint density at radius 2 is 1.91 bits per heavy atom. The molecule has 3 aromatic rings. The summed E-state index contributed by atoms with van der Waals surface area (Å²) in [5.41, 5.74) is 0.833. The first-order valence-corrected chi connectivity index (χ1v) is 6.52. The zero-order chi connectivity index (χ0) is 15.4. The van der Waals surface area contributed by atoms with Gasteiger partial charge in [-0.1, -0.05) is 17.3 Å². The fraction of sp³-hybridized carbons (Fsp3) is 0.0625. The summed E-state index contributed by atoms with van der Waals surface area (Å²) in [6, 6.07) is 12.8. The first-order chi connectivity index (χ1) is 10.8. The first-order valence-electron chi connectivity index (χ1n) is 6.52. The number of aldehydes is 1. The van der Waals surface area contributed by atoms with Gasteiger partial charge in [0.1, 0.15) is 17.9 Å². The van der Waals surface area contributed by atoms with Crippen molar-refractivity contribution in [2.75, 3.05) is 0 Å². The summed E-state index contributed by atoms with van der Waals surface area (Å²) < 4.78 is 24.1. The van der Waals surface area contributed by atoms with Crippen LogP contribution in [0, 0.1) is 5.82 Å². The molecule has 0 radical (unpaired) electrons. The summed E-state index contributed by atoms with van der Waals surface area (Å²) in [5, 5.41) is 3.73. The third-order valence-corrected chi connectivity index (χ3v) is 2.96. The minimum Gasteiger partial charge on any atom is -0.484 e. The molecule has 0 saturated carbocycles. The van der Waals surface area contributed by atoms with E-state index in [1.165, 1.54) is 6.07 Å². The minimum atomic E-state index is -0.416. The molecule has 0 fully saturated rings. The van der Waals surface area contributed by atoms with Gasteiger partial charge in [0.2, 0.25) is 5.82 Å². The molecule has 5 nitrogen and oxygen atoms in total. The van der Waals surface area contributed by atoms with Crippen molar-refractivity contribution in [2.45, 2.75) is 6.61 Å². The average molecular weight is 298 g/mol. The fourth-order valence-electron chi connectivity index (χ4n) is 1.85. The lowest BCUT2D eigenvalue weighted by Crippen LogP contribution is -1.96. The molecule has 6 heteroatoms. The van der Waals surface area contributed by atoms with Crippen LogP contribution in [0.2, 0.25) is 0 Å². The predicted octanol–water partition coefficient (Wildman–Crippen LogP) is 3.27. The van der Waals surface area contributed by atoms with Gasteiger partial charge in [-0.25, -0.2) is 4.39 Å². The van der Waals surface area contributed by atoms with Gasteiger partial charge in [0.15, 0.2) is 6.61 Å². The van der Waals surface area contributed by atoms with Crippen LogP contribution in [0.25, 0.3) is 11.4 Å². The van der Waals surface area contributed by atoms with Gasteiger partial charge in [0.05, 0.1) is 5.56 Å². The Kier molecular flexibility index (Phi) is 3.91. The van der Waals surface area contributed by atoms with Gasteiger partial charge in [0, 0.05) is 5.56 Å². The van der Waals surface area contributed by atoms with E-state index in [2.05, 4.69) is 10.1 Å². The monoisotopic (exact) mass is 298 g/mol. The van der Waals surface area contributed by atoms with E-state index in [9.17, 15) is 9.18 Å². The third-order valence-electron chi connectivity index (χ3n) is 2.96. The lowest BCUT2D eigenvalue weighted by molar-refractivity contribution is 0.112. The quantitative estimate of drug-likeness (QED) is 0.676. The second kappa shape index (κ2) is 6.17. The van der Waals surface area contributed by atoms with Gasteiger partial charge in [-0.2, -0.15) is 4.98 Å². The predicted molar refractivity (Wildman–Crippen MR) is 75.9 cm³/mol. The van der Waals surface area contributed by atoms with Crippen molar-refractivity contribution in [1.29, 1.82) is 0 Å². The van der Waals surface area contributed by atoms with Crippen molar-refractivity contribution in [2.24, 2.45) is 0 Å². The molecule has 0 unspecified atom stereocenters. The molecule has 0 spiro atoms. The van der Waals surface area contributed by atoms with Crippen LogP contribution in [0.4, 0.5) is 4.39 Å². The van der Waals surface area contributed by atoms with Crippen LogP contribution in [-0.2, 0) is 6.61 Å². The maximum Gasteiger partial charge on any atom is 0.264 e. The van der Waals surface area contributed by atoms with Crippen molar-refractivity contribution in [3.8, 4) is 17.1 Å². The Balaban J connectivity index is 1.69. The van der Waals surface area contributed by atoms with Crippen molar-refractivity contribution < 1.29 is 18.4 Å². The maximum atomic E-state index is 13.6. The Bertz CT molecular complexity index is 784. The zero-order valence-corrected chi connectivity index (χ0v) is 11.4. The average Bonchev–Trinajstić information content (AvgIpc) is 3.02. The van der Waals surface area contributed by atoms with Crippen LogP contribution >= 0.6 is 0 Å². The highest BCUT2D eigenvalue weighted by atomic mass is 19.1. The van der Waals surface area contributed by atoms with Crippen LogP contribution < -0.4 is 4.74 Å². The van der Waals surface area contributed by atoms with Crippen molar-refractivity contribution in [1.82, 2.24) is 10.1 Å². The molecule has 0 aliphatic heterocycles. The first kappa shape index (κ1) is 13.9. The van der Waals surface area contributed by atoms with E-state index >= 15 is 0 Å². The summed E-state index contributed by atoms with van der Waals surface area (Å²) in [6.45, 7) is 0.0574. The number of rotatable bonds is 5. The molecule has 0 aliphatic rings. The van der Waals surface area contributed by atoms with Gasteiger partial charge in [-0.15, -0.1) is 0 Å². The standard InChI is InChI=1S/C16H11FN2O3/c17-14-4-2-1-3-13(14)16-18-15(22-19-16)10-21-12-7-5-11(9-20)6-8-12/h1-9H,10H2. The van der Waals surface area contributed by atoms with Crippen LogP contribution in [-0.4, -0.2) is 16.4 Å². The summed E-state index contributed by atoms with van der Waals surface area (Å²) >= 11 is 0. The van der Waals surface area contributed by atoms with Gasteiger partial charge < -0.3 is 9.26 Å². The van der Waals surface area contributed by atoms with Gasteiger partial charge >= 0.3 is 0 Å². The highest BCUT2D eigenvalue weighted by Crippen LogP contribution is 2.20. The molecule has 1 heterocycles. The number of halogens is 1. The van der Waals surface area contributed by atoms with E-state index in [0.29, 0.717) is 11.3 Å². The SMILES string of the molecule is O=Cc1ccc(OCc2nc(-c3ccccc3F)no2)cc1. The second-order valence-corrected chi connectivity index (χ2v) is 4.47. The number of carbonyl (C=O) groups is 1. The van der Waals surface area contributed by atoms with Crippen LogP contribution in [0.5, 0.6) is 5.75 Å². The molecule has 0 saturated heterocycles. The third kappa shape index (κ3) is 3.01. The van der Waals surface area contributed by atoms with E-state index in [1.54, 1.807) is 42.5 Å². The molecule has 0 N–H and O–H groups in total. The number of aromatic nitrogens is 2. The molecule has 3 rings (SSSR count). The van der Waals surface area contributed by atoms with Gasteiger partial charge in [0.25, 0.3) is 5.89 Å². The Hall–Kier alpha value is -3.02. The van der Waals surface area contributed by atoms with E-state index < -0.39 is 5.82 Å². The van der Waals surface area contributed by atoms with Crippen molar-refractivity contribution >= 4 is 6.29 Å². The highest BCUT2D eigenvalue weighted by molar-refractivity contribution is 5.74. The van der Waals surface area contributed by atoms with Crippen molar-refractivity contribution in [3.05, 3.63) is 65.8 Å². The maximum absolute atomic E-state index is 13.6. The zero-order valence-electron chi connectivity index (χ0n) is 11.4. The number of benzene rings is 2. The van der Waals surface area contributed by atoms with E-state index in [-0.39, 0.29) is 23.9 Å². The largest absolute Gasteiger partial charge is 0.484 e. The lowest BCUT2D eigenvalue weighted by Gasteiger charge is -2.02. The van der Waals surface area contributed by atoms with E-state index in [0.717, 1.165) is 6.29 Å². The number of ether oxygens (including phenoxy) is 1. The summed E-state index contributed by atoms with van der Waals surface area (Å²) in [6.07, 6.45) is 0.752. The topological polar surface area (TPSA) is 65.2 Å². The normalized spacial score (nSPS) is 10.4. The van der Waals surface area contributed by atoms with E-state index in [4.69, 9.17) is 9.26 Å². The number of carbonyl (C=O) groups excluding carboxylic acids is 1.